The molecule has 0 amide bonds. The second-order valence-corrected chi connectivity index (χ2v) is 13.8. The van der Waals surface area contributed by atoms with Crippen LogP contribution in [0.5, 0.6) is 0 Å². The van der Waals surface area contributed by atoms with Crippen LogP contribution in [0.15, 0.2) is 0 Å². The number of fused-ring (bicyclic) bond motifs is 5. The Morgan fingerprint density at radius 3 is 2.45 bits per heavy atom. The van der Waals surface area contributed by atoms with E-state index in [1.807, 2.05) is 0 Å². The van der Waals surface area contributed by atoms with Crippen molar-refractivity contribution in [1.29, 1.82) is 0 Å². The summed E-state index contributed by atoms with van der Waals surface area (Å²) in [5.41, 5.74) is 0.940. The van der Waals surface area contributed by atoms with Crippen LogP contribution in [0.2, 0.25) is 0 Å². The Morgan fingerprint density at radius 1 is 1.00 bits per heavy atom. The van der Waals surface area contributed by atoms with Crippen LogP contribution in [0.3, 0.4) is 0 Å². The van der Waals surface area contributed by atoms with Crippen molar-refractivity contribution in [2.24, 2.45) is 51.8 Å². The van der Waals surface area contributed by atoms with Gasteiger partial charge in [-0.05, 0) is 111 Å². The highest BCUT2D eigenvalue weighted by Gasteiger charge is 2.60. The third-order valence-corrected chi connectivity index (χ3v) is 11.7. The Bertz CT molecular complexity index is 731. The topological polar surface area (TPSA) is 55.8 Å². The van der Waals surface area contributed by atoms with Crippen molar-refractivity contribution in [3.63, 3.8) is 0 Å². The molecule has 5 rings (SSSR count). The first kappa shape index (κ1) is 24.1. The summed E-state index contributed by atoms with van der Waals surface area (Å²) in [4.78, 5) is 12.4. The van der Waals surface area contributed by atoms with E-state index in [4.69, 9.17) is 9.47 Å². The Labute approximate surface area is 201 Å². The third-order valence-electron chi connectivity index (χ3n) is 11.7. The molecule has 5 fully saturated rings. The van der Waals surface area contributed by atoms with Gasteiger partial charge < -0.3 is 14.6 Å². The lowest BCUT2D eigenvalue weighted by Gasteiger charge is -2.61. The number of rotatable bonds is 6. The first-order valence-corrected chi connectivity index (χ1v) is 14.1. The van der Waals surface area contributed by atoms with Crippen LogP contribution in [0, 0.1) is 51.8 Å². The van der Waals surface area contributed by atoms with Gasteiger partial charge in [-0.3, -0.25) is 4.79 Å². The number of hydrogen-bond donors (Lipinski definition) is 1. The van der Waals surface area contributed by atoms with Crippen molar-refractivity contribution in [1.82, 2.24) is 0 Å². The highest BCUT2D eigenvalue weighted by molar-refractivity contribution is 5.69. The Kier molecular flexibility index (Phi) is 6.43. The molecule has 4 aliphatic carbocycles. The van der Waals surface area contributed by atoms with Gasteiger partial charge in [0, 0.05) is 11.8 Å². The molecule has 1 unspecified atom stereocenters. The van der Waals surface area contributed by atoms with E-state index in [0.717, 1.165) is 48.9 Å². The molecule has 1 heterocycles. The number of aliphatic hydroxyl groups is 1. The fraction of sp³-hybridized carbons (Fsp3) is 0.966. The summed E-state index contributed by atoms with van der Waals surface area (Å²) in [6.45, 7) is 11.6. The highest BCUT2D eigenvalue weighted by atomic mass is 16.5. The number of carbonyl (C=O) groups excluding carboxylic acids is 1. The van der Waals surface area contributed by atoms with Gasteiger partial charge in [-0.25, -0.2) is 0 Å². The largest absolute Gasteiger partial charge is 0.465 e. The van der Waals surface area contributed by atoms with Crippen molar-refractivity contribution < 1.29 is 19.4 Å². The lowest BCUT2D eigenvalue weighted by Crippen LogP contribution is -2.54. The van der Waals surface area contributed by atoms with Crippen molar-refractivity contribution in [2.75, 3.05) is 19.8 Å². The van der Waals surface area contributed by atoms with Gasteiger partial charge in [-0.2, -0.15) is 0 Å². The molecule has 0 aromatic rings. The van der Waals surface area contributed by atoms with Crippen LogP contribution >= 0.6 is 0 Å². The summed E-state index contributed by atoms with van der Waals surface area (Å²) < 4.78 is 10.9. The average molecular weight is 461 g/mol. The zero-order valence-electron chi connectivity index (χ0n) is 21.6. The number of aliphatic hydroxyl groups excluding tert-OH is 1. The first-order chi connectivity index (χ1) is 15.6. The zero-order valence-corrected chi connectivity index (χ0v) is 21.6. The smallest absolute Gasteiger partial charge is 0.305 e. The highest BCUT2D eigenvalue weighted by Crippen LogP contribution is 2.68. The summed E-state index contributed by atoms with van der Waals surface area (Å²) in [5, 5.41) is 10.3. The fourth-order valence-corrected chi connectivity index (χ4v) is 9.62. The predicted molar refractivity (Wildman–Crippen MR) is 130 cm³/mol. The number of esters is 1. The van der Waals surface area contributed by atoms with Gasteiger partial charge >= 0.3 is 5.97 Å². The molecule has 4 saturated carbocycles. The van der Waals surface area contributed by atoms with Crippen molar-refractivity contribution in [2.45, 2.75) is 104 Å². The minimum atomic E-state index is -0.0539. The molecule has 0 bridgehead atoms. The summed E-state index contributed by atoms with van der Waals surface area (Å²) >= 11 is 0. The van der Waals surface area contributed by atoms with Gasteiger partial charge in [0.15, 0.2) is 0 Å². The molecule has 1 aliphatic heterocycles. The summed E-state index contributed by atoms with van der Waals surface area (Å²) in [6, 6.07) is 0. The van der Waals surface area contributed by atoms with Gasteiger partial charge in [-0.15, -0.1) is 0 Å². The van der Waals surface area contributed by atoms with Crippen LogP contribution in [0.4, 0.5) is 0 Å². The molecule has 1 N–H and O–H groups in total. The molecule has 188 valence electrons. The van der Waals surface area contributed by atoms with Gasteiger partial charge in [0.2, 0.25) is 0 Å². The minimum Gasteiger partial charge on any atom is -0.465 e. The van der Waals surface area contributed by atoms with E-state index >= 15 is 0 Å². The normalized spacial score (nSPS) is 46.9. The van der Waals surface area contributed by atoms with E-state index in [0.29, 0.717) is 43.0 Å². The van der Waals surface area contributed by atoms with E-state index < -0.39 is 0 Å². The van der Waals surface area contributed by atoms with Crippen LogP contribution in [0.1, 0.15) is 98.3 Å². The van der Waals surface area contributed by atoms with Crippen molar-refractivity contribution >= 4 is 5.97 Å². The maximum atomic E-state index is 12.4. The van der Waals surface area contributed by atoms with Gasteiger partial charge in [0.25, 0.3) is 0 Å². The monoisotopic (exact) mass is 460 g/mol. The lowest BCUT2D eigenvalue weighted by atomic mass is 9.44. The Balaban J connectivity index is 1.19. The fourth-order valence-electron chi connectivity index (χ4n) is 9.62. The van der Waals surface area contributed by atoms with Gasteiger partial charge in [0.05, 0.1) is 19.3 Å². The predicted octanol–water partition coefficient (Wildman–Crippen LogP) is 6.00. The van der Waals surface area contributed by atoms with Crippen molar-refractivity contribution in [3.8, 4) is 0 Å². The van der Waals surface area contributed by atoms with Crippen LogP contribution in [-0.2, 0) is 14.3 Å². The Hall–Kier alpha value is -0.610. The molecular formula is C29H48O4. The minimum absolute atomic E-state index is 0.0240. The van der Waals surface area contributed by atoms with E-state index in [-0.39, 0.29) is 17.5 Å². The van der Waals surface area contributed by atoms with Crippen molar-refractivity contribution in [3.05, 3.63) is 0 Å². The van der Waals surface area contributed by atoms with Crippen LogP contribution in [-0.4, -0.2) is 37.0 Å². The maximum absolute atomic E-state index is 12.4. The second kappa shape index (κ2) is 8.80. The summed E-state index contributed by atoms with van der Waals surface area (Å²) in [5.74, 6) is 4.65. The number of carbonyl (C=O) groups is 1. The van der Waals surface area contributed by atoms with E-state index in [1.165, 1.54) is 44.9 Å². The molecule has 33 heavy (non-hydrogen) atoms. The molecule has 0 spiro atoms. The standard InChI is InChI=1S/C29H48O4/c1-19(5-10-26(31)33-18-27(2)16-32-17-27)23-8-9-24-22-7-6-20-15-21(30)11-13-28(20,3)25(22)12-14-29(23,24)4/h19-25,30H,5-18H2,1-4H3/t19?,20-,21-,22+,23-,24+,25+,28+,29-/m1/s1. The zero-order chi connectivity index (χ0) is 23.4. The van der Waals surface area contributed by atoms with Crippen LogP contribution in [0.25, 0.3) is 0 Å². The molecule has 4 nitrogen and oxygen atoms in total. The second-order valence-electron chi connectivity index (χ2n) is 13.8. The maximum Gasteiger partial charge on any atom is 0.305 e. The van der Waals surface area contributed by atoms with Gasteiger partial charge in [-0.1, -0.05) is 27.7 Å². The summed E-state index contributed by atoms with van der Waals surface area (Å²) in [6.07, 6.45) is 12.9. The molecule has 0 radical (unpaired) electrons. The molecule has 5 aliphatic rings. The molecule has 1 saturated heterocycles. The van der Waals surface area contributed by atoms with E-state index in [2.05, 4.69) is 27.7 Å². The Morgan fingerprint density at radius 2 is 1.73 bits per heavy atom. The van der Waals surface area contributed by atoms with Gasteiger partial charge in [0.1, 0.15) is 6.61 Å². The molecule has 0 aromatic carbocycles. The lowest BCUT2D eigenvalue weighted by molar-refractivity contribution is -0.165. The van der Waals surface area contributed by atoms with E-state index in [9.17, 15) is 9.90 Å². The molecular weight excluding hydrogens is 412 g/mol. The molecule has 4 heteroatoms. The molecule has 0 aromatic heterocycles. The summed E-state index contributed by atoms with van der Waals surface area (Å²) in [7, 11) is 0. The third kappa shape index (κ3) is 4.20. The average Bonchev–Trinajstić information content (AvgIpc) is 3.12. The van der Waals surface area contributed by atoms with Crippen LogP contribution < -0.4 is 0 Å². The SMILES string of the molecule is CC(CCC(=O)OCC1(C)COC1)[C@H]1CC[C@H]2[C@@H]3CC[C@@H]4C[C@H](O)CC[C@]4(C)[C@H]3CC[C@]12C. The quantitative estimate of drug-likeness (QED) is 0.494. The first-order valence-electron chi connectivity index (χ1n) is 14.1. The number of ether oxygens (including phenoxy) is 2. The number of hydrogen-bond acceptors (Lipinski definition) is 4. The molecule has 9 atom stereocenters. The van der Waals surface area contributed by atoms with E-state index in [1.54, 1.807) is 0 Å².